The molecule has 0 fully saturated rings. The first-order valence-electron chi connectivity index (χ1n) is 10.8. The Bertz CT molecular complexity index is 1610. The Balaban J connectivity index is 0.000000237. The van der Waals surface area contributed by atoms with Crippen molar-refractivity contribution in [3.63, 3.8) is 0 Å². The fraction of sp³-hybridized carbons (Fsp3) is 0.0833. The van der Waals surface area contributed by atoms with E-state index < -0.39 is 50.5 Å². The lowest BCUT2D eigenvalue weighted by atomic mass is 10.2. The molecule has 1 N–H and O–H groups in total. The van der Waals surface area contributed by atoms with E-state index in [-0.39, 0.29) is 26.8 Å². The molecule has 0 unspecified atom stereocenters. The van der Waals surface area contributed by atoms with Crippen LogP contribution in [0.4, 0.5) is 28.9 Å². The fourth-order valence-electron chi connectivity index (χ4n) is 2.81. The topological polar surface area (TPSA) is 170 Å². The lowest BCUT2D eigenvalue weighted by Crippen LogP contribution is -2.28. The molecule has 4 rings (SSSR count). The molecule has 0 radical (unpaired) electrons. The van der Waals surface area contributed by atoms with E-state index >= 15 is 0 Å². The summed E-state index contributed by atoms with van der Waals surface area (Å²) in [6.07, 6.45) is 2.01. The SMILES string of the molecule is Cc1c[n+]([O-])c(Cl)cc1[N+](=O)[O-].Cc1c[n+]([O-])c(Oc2ccc(F)cc2F)cc1[N+](=O)[O-].Oc1ccc(F)cc1F. The number of halogens is 5. The minimum atomic E-state index is -1.02. The Hall–Kier alpha value is -5.25. The number of pyridine rings is 2. The van der Waals surface area contributed by atoms with E-state index in [1.807, 2.05) is 0 Å². The number of nitrogens with zero attached hydrogens (tertiary/aromatic N) is 4. The maximum absolute atomic E-state index is 13.4. The predicted octanol–water partition coefficient (Wildman–Crippen LogP) is 5.47. The molecule has 216 valence electrons. The monoisotopic (exact) mass is 600 g/mol. The van der Waals surface area contributed by atoms with Crippen molar-refractivity contribution in [3.8, 4) is 17.4 Å². The van der Waals surface area contributed by atoms with Crippen LogP contribution in [0.25, 0.3) is 0 Å². The number of aromatic nitrogens is 2. The largest absolute Gasteiger partial charge is 0.618 e. The van der Waals surface area contributed by atoms with Gasteiger partial charge in [-0.2, -0.15) is 4.73 Å². The molecule has 0 spiro atoms. The van der Waals surface area contributed by atoms with Crippen LogP contribution in [0.15, 0.2) is 60.9 Å². The predicted molar refractivity (Wildman–Crippen MR) is 133 cm³/mol. The first-order valence-corrected chi connectivity index (χ1v) is 11.2. The second-order valence-corrected chi connectivity index (χ2v) is 8.17. The van der Waals surface area contributed by atoms with Gasteiger partial charge in [0.15, 0.2) is 35.5 Å². The zero-order valence-electron chi connectivity index (χ0n) is 20.8. The van der Waals surface area contributed by atoms with Gasteiger partial charge in [-0.3, -0.25) is 20.2 Å². The Morgan fingerprint density at radius 3 is 1.76 bits per heavy atom. The molecular weight excluding hydrogens is 584 g/mol. The first-order chi connectivity index (χ1) is 19.1. The van der Waals surface area contributed by atoms with E-state index in [2.05, 4.69) is 0 Å². The Morgan fingerprint density at radius 2 is 1.27 bits per heavy atom. The summed E-state index contributed by atoms with van der Waals surface area (Å²) in [6.45, 7) is 2.86. The van der Waals surface area contributed by atoms with Crippen LogP contribution in [0.2, 0.25) is 5.15 Å². The highest BCUT2D eigenvalue weighted by Gasteiger charge is 2.21. The third-order valence-corrected chi connectivity index (χ3v) is 5.06. The number of aryl methyl sites for hydroxylation is 2. The second kappa shape index (κ2) is 13.7. The molecule has 0 saturated heterocycles. The highest BCUT2D eigenvalue weighted by molar-refractivity contribution is 6.28. The number of hydrogen-bond acceptors (Lipinski definition) is 8. The molecule has 41 heavy (non-hydrogen) atoms. The minimum Gasteiger partial charge on any atom is -0.618 e. The molecule has 0 amide bonds. The zero-order chi connectivity index (χ0) is 31.0. The van der Waals surface area contributed by atoms with Crippen molar-refractivity contribution in [3.05, 3.63) is 131 Å². The van der Waals surface area contributed by atoms with Crippen LogP contribution in [-0.2, 0) is 0 Å². The van der Waals surface area contributed by atoms with Gasteiger partial charge in [-0.25, -0.2) is 17.6 Å². The van der Waals surface area contributed by atoms with Crippen LogP contribution >= 0.6 is 11.6 Å². The van der Waals surface area contributed by atoms with Crippen LogP contribution in [0.5, 0.6) is 17.4 Å². The van der Waals surface area contributed by atoms with E-state index in [0.717, 1.165) is 48.8 Å². The summed E-state index contributed by atoms with van der Waals surface area (Å²) in [7, 11) is 0. The number of hydrogen-bond donors (Lipinski definition) is 1. The summed E-state index contributed by atoms with van der Waals surface area (Å²) in [4.78, 5) is 19.8. The van der Waals surface area contributed by atoms with Gasteiger partial charge in [0.05, 0.1) is 21.0 Å². The minimum absolute atomic E-state index is 0.136. The number of ether oxygens (including phenoxy) is 1. The number of nitro groups is 2. The van der Waals surface area contributed by atoms with Gasteiger partial charge in [-0.05, 0) is 49.7 Å². The maximum atomic E-state index is 13.4. The lowest BCUT2D eigenvalue weighted by Gasteiger charge is -2.07. The van der Waals surface area contributed by atoms with Crippen LogP contribution < -0.4 is 14.2 Å². The average molecular weight is 601 g/mol. The van der Waals surface area contributed by atoms with Crippen molar-refractivity contribution in [2.45, 2.75) is 13.8 Å². The van der Waals surface area contributed by atoms with Crippen molar-refractivity contribution in [2.24, 2.45) is 0 Å². The Labute approximate surface area is 232 Å². The van der Waals surface area contributed by atoms with Gasteiger partial charge in [0.25, 0.3) is 16.5 Å². The number of benzene rings is 2. The number of phenols is 1. The first kappa shape index (κ1) is 32.0. The molecule has 4 aromatic rings. The van der Waals surface area contributed by atoms with Gasteiger partial charge < -0.3 is 20.3 Å². The van der Waals surface area contributed by atoms with Gasteiger partial charge in [0.1, 0.15) is 23.8 Å². The van der Waals surface area contributed by atoms with Gasteiger partial charge in [0, 0.05) is 12.1 Å². The number of aromatic hydroxyl groups is 1. The van der Waals surface area contributed by atoms with Crippen molar-refractivity contribution >= 4 is 23.0 Å². The third-order valence-electron chi connectivity index (χ3n) is 4.79. The standard InChI is InChI=1S/C12H8F2N2O4.C6H5ClN2O3.C6H4F2O/c1-7-6-15(17)12(5-10(7)16(18)19)20-11-3-2-8(13)4-9(11)14;1-4-3-8(10)6(7)2-5(4)9(11)12;7-4-1-2-6(9)5(8)3-4/h2-6H,1H3;2-3H,1H3;1-3,9H. The fourth-order valence-corrected chi connectivity index (χ4v) is 2.97. The normalized spacial score (nSPS) is 10.0. The molecule has 0 bridgehead atoms. The van der Waals surface area contributed by atoms with Crippen molar-refractivity contribution in [1.82, 2.24) is 0 Å². The molecule has 2 heterocycles. The number of phenolic OH excluding ortho intramolecular Hbond substituents is 1. The third kappa shape index (κ3) is 8.89. The Morgan fingerprint density at radius 1 is 0.780 bits per heavy atom. The summed E-state index contributed by atoms with van der Waals surface area (Å²) in [5, 5.41) is 51.7. The molecule has 2 aromatic carbocycles. The van der Waals surface area contributed by atoms with Gasteiger partial charge in [-0.15, -0.1) is 4.73 Å². The van der Waals surface area contributed by atoms with E-state index in [0.29, 0.717) is 22.4 Å². The summed E-state index contributed by atoms with van der Waals surface area (Å²) in [5.41, 5.74) is -0.0574. The Kier molecular flexibility index (Phi) is 10.7. The highest BCUT2D eigenvalue weighted by atomic mass is 35.5. The number of rotatable bonds is 4. The molecular formula is C24H17ClF4N4O8. The molecule has 2 aromatic heterocycles. The van der Waals surface area contributed by atoms with E-state index in [4.69, 9.17) is 21.4 Å². The molecule has 0 aliphatic heterocycles. The van der Waals surface area contributed by atoms with Crippen LogP contribution in [-0.4, -0.2) is 15.0 Å². The molecule has 12 nitrogen and oxygen atoms in total. The average Bonchev–Trinajstić information content (AvgIpc) is 2.87. The summed E-state index contributed by atoms with van der Waals surface area (Å²) >= 11 is 5.38. The molecule has 0 aliphatic carbocycles. The molecule has 17 heteroatoms. The summed E-state index contributed by atoms with van der Waals surface area (Å²) < 4.78 is 55.8. The second-order valence-electron chi connectivity index (χ2n) is 7.78. The van der Waals surface area contributed by atoms with E-state index in [1.54, 1.807) is 0 Å². The van der Waals surface area contributed by atoms with Gasteiger partial charge >= 0.3 is 5.88 Å². The van der Waals surface area contributed by atoms with E-state index in [9.17, 15) is 48.2 Å². The summed E-state index contributed by atoms with van der Waals surface area (Å²) in [6, 6.07) is 6.98. The highest BCUT2D eigenvalue weighted by Crippen LogP contribution is 2.26. The van der Waals surface area contributed by atoms with Gasteiger partial charge in [0.2, 0.25) is 0 Å². The van der Waals surface area contributed by atoms with Crippen molar-refractivity contribution in [1.29, 1.82) is 0 Å². The van der Waals surface area contributed by atoms with Crippen molar-refractivity contribution in [2.75, 3.05) is 0 Å². The van der Waals surface area contributed by atoms with Gasteiger partial charge in [-0.1, -0.05) is 0 Å². The molecule has 0 atom stereocenters. The van der Waals surface area contributed by atoms with E-state index in [1.165, 1.54) is 13.8 Å². The quantitative estimate of drug-likeness (QED) is 0.0803. The van der Waals surface area contributed by atoms with Crippen LogP contribution in [0.3, 0.4) is 0 Å². The lowest BCUT2D eigenvalue weighted by molar-refractivity contribution is -0.612. The van der Waals surface area contributed by atoms with Crippen molar-refractivity contribution < 1.29 is 46.7 Å². The smallest absolute Gasteiger partial charge is 0.392 e. The maximum Gasteiger partial charge on any atom is 0.392 e. The summed E-state index contributed by atoms with van der Waals surface area (Å²) in [5.74, 6) is -4.87. The van der Waals surface area contributed by atoms with Crippen LogP contribution in [0.1, 0.15) is 11.1 Å². The zero-order valence-corrected chi connectivity index (χ0v) is 21.5. The molecule has 0 aliphatic rings. The molecule has 0 saturated carbocycles. The van der Waals surface area contributed by atoms with Crippen LogP contribution in [0, 0.1) is 67.8 Å².